The maximum atomic E-state index is 5.37. The topological polar surface area (TPSA) is 21.3 Å². The third-order valence-electron chi connectivity index (χ3n) is 3.02. The third kappa shape index (κ3) is 3.76. The number of hydrogen-bond acceptors (Lipinski definition) is 3. The van der Waals surface area contributed by atoms with Gasteiger partial charge in [-0.1, -0.05) is 36.7 Å². The summed E-state index contributed by atoms with van der Waals surface area (Å²) in [7, 11) is 1.69. The van der Waals surface area contributed by atoms with E-state index in [0.717, 1.165) is 22.5 Å². The van der Waals surface area contributed by atoms with Gasteiger partial charge >= 0.3 is 0 Å². The molecule has 2 nitrogen and oxygen atoms in total. The van der Waals surface area contributed by atoms with Gasteiger partial charge in [0.1, 0.15) is 5.75 Å². The highest BCUT2D eigenvalue weighted by atomic mass is 79.9. The quantitative estimate of drug-likeness (QED) is 0.791. The molecule has 2 aromatic rings. The Labute approximate surface area is 133 Å². The van der Waals surface area contributed by atoms with Gasteiger partial charge in [-0.05, 0) is 35.7 Å². The predicted octanol–water partition coefficient (Wildman–Crippen LogP) is 5.43. The van der Waals surface area contributed by atoms with Gasteiger partial charge in [-0.3, -0.25) is 0 Å². The molecular weight excluding hydrogens is 334 g/mol. The van der Waals surface area contributed by atoms with E-state index >= 15 is 0 Å². The molecule has 2 rings (SSSR count). The number of halogens is 1. The monoisotopic (exact) mass is 353 g/mol. The molecule has 0 saturated carbocycles. The van der Waals surface area contributed by atoms with Gasteiger partial charge in [0, 0.05) is 20.8 Å². The van der Waals surface area contributed by atoms with Gasteiger partial charge < -0.3 is 10.1 Å². The second-order valence-corrected chi connectivity index (χ2v) is 7.80. The van der Waals surface area contributed by atoms with Crippen molar-refractivity contribution in [2.75, 3.05) is 12.4 Å². The average Bonchev–Trinajstić information content (AvgIpc) is 2.85. The summed E-state index contributed by atoms with van der Waals surface area (Å²) in [6, 6.07) is 10.4. The SMILES string of the molecule is COc1ccc(Br)cc1NCc1ccc(C(C)(C)C)s1. The molecule has 20 heavy (non-hydrogen) atoms. The van der Waals surface area contributed by atoms with Gasteiger partial charge in [0.05, 0.1) is 12.8 Å². The van der Waals surface area contributed by atoms with E-state index in [4.69, 9.17) is 4.74 Å². The van der Waals surface area contributed by atoms with E-state index in [2.05, 4.69) is 54.2 Å². The fraction of sp³-hybridized carbons (Fsp3) is 0.375. The summed E-state index contributed by atoms with van der Waals surface area (Å²) in [5.41, 5.74) is 1.23. The minimum Gasteiger partial charge on any atom is -0.495 e. The van der Waals surface area contributed by atoms with Crippen LogP contribution in [0, 0.1) is 0 Å². The summed E-state index contributed by atoms with van der Waals surface area (Å²) in [5.74, 6) is 0.862. The molecule has 0 aliphatic rings. The minimum atomic E-state index is 0.219. The molecule has 108 valence electrons. The van der Waals surface area contributed by atoms with Crippen LogP contribution >= 0.6 is 27.3 Å². The molecule has 1 aromatic heterocycles. The maximum absolute atomic E-state index is 5.37. The van der Waals surface area contributed by atoms with Crippen molar-refractivity contribution in [3.63, 3.8) is 0 Å². The van der Waals surface area contributed by atoms with Gasteiger partial charge in [-0.25, -0.2) is 0 Å². The first-order valence-electron chi connectivity index (χ1n) is 6.57. The second kappa shape index (κ2) is 6.19. The van der Waals surface area contributed by atoms with E-state index < -0.39 is 0 Å². The Morgan fingerprint density at radius 1 is 1.20 bits per heavy atom. The van der Waals surface area contributed by atoms with E-state index in [9.17, 15) is 0 Å². The minimum absolute atomic E-state index is 0.219. The highest BCUT2D eigenvalue weighted by Gasteiger charge is 2.16. The molecule has 0 saturated heterocycles. The van der Waals surface area contributed by atoms with Crippen molar-refractivity contribution >= 4 is 33.0 Å². The molecule has 0 amide bonds. The first kappa shape index (κ1) is 15.4. The van der Waals surface area contributed by atoms with E-state index in [0.29, 0.717) is 0 Å². The molecule has 1 N–H and O–H groups in total. The zero-order valence-corrected chi connectivity index (χ0v) is 14.7. The van der Waals surface area contributed by atoms with Gasteiger partial charge in [0.2, 0.25) is 0 Å². The van der Waals surface area contributed by atoms with Crippen LogP contribution in [0.4, 0.5) is 5.69 Å². The lowest BCUT2D eigenvalue weighted by Crippen LogP contribution is -2.07. The Kier molecular flexibility index (Phi) is 4.76. The lowest BCUT2D eigenvalue weighted by Gasteiger charge is -2.15. The number of rotatable bonds is 4. The molecule has 1 aromatic carbocycles. The van der Waals surface area contributed by atoms with Crippen LogP contribution in [-0.2, 0) is 12.0 Å². The van der Waals surface area contributed by atoms with Gasteiger partial charge in [0.15, 0.2) is 0 Å². The van der Waals surface area contributed by atoms with Crippen LogP contribution < -0.4 is 10.1 Å². The van der Waals surface area contributed by atoms with Crippen molar-refractivity contribution in [3.8, 4) is 5.75 Å². The molecule has 0 unspecified atom stereocenters. The van der Waals surface area contributed by atoms with Gasteiger partial charge in [-0.2, -0.15) is 0 Å². The highest BCUT2D eigenvalue weighted by Crippen LogP contribution is 2.31. The van der Waals surface area contributed by atoms with Gasteiger partial charge in [0.25, 0.3) is 0 Å². The highest BCUT2D eigenvalue weighted by molar-refractivity contribution is 9.10. The third-order valence-corrected chi connectivity index (χ3v) is 5.02. The van der Waals surface area contributed by atoms with Crippen molar-refractivity contribution in [2.24, 2.45) is 0 Å². The van der Waals surface area contributed by atoms with Crippen LogP contribution in [0.15, 0.2) is 34.8 Å². The normalized spacial score (nSPS) is 11.4. The van der Waals surface area contributed by atoms with E-state index in [1.807, 2.05) is 29.5 Å². The molecule has 1 heterocycles. The van der Waals surface area contributed by atoms with Crippen molar-refractivity contribution in [1.29, 1.82) is 0 Å². The molecule has 0 radical (unpaired) electrons. The lowest BCUT2D eigenvalue weighted by molar-refractivity contribution is 0.416. The van der Waals surface area contributed by atoms with Crippen LogP contribution in [0.3, 0.4) is 0 Å². The summed E-state index contributed by atoms with van der Waals surface area (Å²) in [5, 5.41) is 3.44. The van der Waals surface area contributed by atoms with E-state index in [1.54, 1.807) is 7.11 Å². The zero-order valence-electron chi connectivity index (χ0n) is 12.3. The molecular formula is C16H20BrNOS. The summed E-state index contributed by atoms with van der Waals surface area (Å²) in [4.78, 5) is 2.74. The number of thiophene rings is 1. The van der Waals surface area contributed by atoms with Crippen molar-refractivity contribution < 1.29 is 4.74 Å². The Hall–Kier alpha value is -1.00. The molecule has 0 bridgehead atoms. The van der Waals surface area contributed by atoms with E-state index in [-0.39, 0.29) is 5.41 Å². The largest absolute Gasteiger partial charge is 0.495 e. The molecule has 0 aliphatic heterocycles. The molecule has 0 aliphatic carbocycles. The predicted molar refractivity (Wildman–Crippen MR) is 91.0 cm³/mol. The summed E-state index contributed by atoms with van der Waals surface area (Å²) in [6.45, 7) is 7.54. The number of nitrogens with one attached hydrogen (secondary N) is 1. The number of anilines is 1. The molecule has 0 spiro atoms. The summed E-state index contributed by atoms with van der Waals surface area (Å²) in [6.07, 6.45) is 0. The standard InChI is InChI=1S/C16H20BrNOS/c1-16(2,3)15-8-6-12(20-15)10-18-13-9-11(17)5-7-14(13)19-4/h5-9,18H,10H2,1-4H3. The summed E-state index contributed by atoms with van der Waals surface area (Å²) < 4.78 is 6.41. The first-order valence-corrected chi connectivity index (χ1v) is 8.17. The average molecular weight is 354 g/mol. The lowest BCUT2D eigenvalue weighted by atomic mass is 9.95. The van der Waals surface area contributed by atoms with Crippen molar-refractivity contribution in [1.82, 2.24) is 0 Å². The number of hydrogen-bond donors (Lipinski definition) is 1. The fourth-order valence-electron chi connectivity index (χ4n) is 1.88. The second-order valence-electron chi connectivity index (χ2n) is 5.71. The first-order chi connectivity index (χ1) is 9.40. The Morgan fingerprint density at radius 2 is 1.95 bits per heavy atom. The molecule has 4 heteroatoms. The fourth-order valence-corrected chi connectivity index (χ4v) is 3.24. The van der Waals surface area contributed by atoms with E-state index in [1.165, 1.54) is 9.75 Å². The van der Waals surface area contributed by atoms with Crippen molar-refractivity contribution in [3.05, 3.63) is 44.6 Å². The van der Waals surface area contributed by atoms with Gasteiger partial charge in [-0.15, -0.1) is 11.3 Å². The number of methoxy groups -OCH3 is 1. The molecule has 0 fully saturated rings. The number of ether oxygens (including phenoxy) is 1. The van der Waals surface area contributed by atoms with Crippen LogP contribution in [0.1, 0.15) is 30.5 Å². The Balaban J connectivity index is 2.09. The van der Waals surface area contributed by atoms with Crippen LogP contribution in [0.25, 0.3) is 0 Å². The van der Waals surface area contributed by atoms with Crippen LogP contribution in [-0.4, -0.2) is 7.11 Å². The zero-order chi connectivity index (χ0) is 14.8. The molecule has 0 atom stereocenters. The maximum Gasteiger partial charge on any atom is 0.142 e. The smallest absolute Gasteiger partial charge is 0.142 e. The summed E-state index contributed by atoms with van der Waals surface area (Å²) >= 11 is 5.35. The van der Waals surface area contributed by atoms with Crippen LogP contribution in [0.2, 0.25) is 0 Å². The number of benzene rings is 1. The Morgan fingerprint density at radius 3 is 2.55 bits per heavy atom. The Bertz CT molecular complexity index is 586. The van der Waals surface area contributed by atoms with Crippen LogP contribution in [0.5, 0.6) is 5.75 Å². The van der Waals surface area contributed by atoms with Crippen molar-refractivity contribution in [2.45, 2.75) is 32.7 Å².